The van der Waals surface area contributed by atoms with E-state index in [4.69, 9.17) is 5.73 Å². The number of hydrogen-bond acceptors (Lipinski definition) is 6. The largest absolute Gasteiger partial charge is 0.481 e. The molecular formula is C28H42N4O7. The standard InChI is InChI=1S/C28H42N4O7/c1-17(2)13-21(26(36)32-23(28(38)39)15-19-11-7-4-8-12-19)31-27(37)22(16-24(33)34)30-25(35)20(29)14-18-9-5-3-6-10-18/h4,7-8,11-12,17-18,20-23H,3,5-6,9-10,13-16,29H2,1-2H3,(H,30,35)(H,31,37)(H,32,36)(H,33,34)(H,38,39)/t20-,21-,22-,23-/m0/s1. The molecule has 1 fully saturated rings. The number of carboxylic acids is 2. The molecule has 1 aromatic rings. The number of carboxylic acid groups (broad SMARTS) is 2. The zero-order valence-electron chi connectivity index (χ0n) is 22.7. The van der Waals surface area contributed by atoms with E-state index in [-0.39, 0.29) is 18.8 Å². The number of hydrogen-bond donors (Lipinski definition) is 6. The molecule has 0 aromatic heterocycles. The first kappa shape index (κ1) is 31.7. The first-order valence-electron chi connectivity index (χ1n) is 13.6. The molecule has 0 unspecified atom stereocenters. The van der Waals surface area contributed by atoms with Crippen molar-refractivity contribution in [3.8, 4) is 0 Å². The Kier molecular flexibility index (Phi) is 12.9. The van der Waals surface area contributed by atoms with Crippen LogP contribution in [0.5, 0.6) is 0 Å². The zero-order valence-corrected chi connectivity index (χ0v) is 22.7. The lowest BCUT2D eigenvalue weighted by molar-refractivity contribution is -0.143. The Labute approximate surface area is 229 Å². The molecular weight excluding hydrogens is 504 g/mol. The lowest BCUT2D eigenvalue weighted by Gasteiger charge is -2.27. The van der Waals surface area contributed by atoms with Gasteiger partial charge in [0.05, 0.1) is 12.5 Å². The highest BCUT2D eigenvalue weighted by Gasteiger charge is 2.32. The molecule has 1 saturated carbocycles. The van der Waals surface area contributed by atoms with Gasteiger partial charge in [-0.05, 0) is 30.2 Å². The summed E-state index contributed by atoms with van der Waals surface area (Å²) in [5, 5.41) is 26.5. The molecule has 0 aliphatic heterocycles. The molecule has 3 amide bonds. The number of benzene rings is 1. The Balaban J connectivity index is 2.09. The number of amides is 3. The number of nitrogens with one attached hydrogen (secondary N) is 3. The van der Waals surface area contributed by atoms with Crippen LogP contribution in [0.15, 0.2) is 30.3 Å². The summed E-state index contributed by atoms with van der Waals surface area (Å²) < 4.78 is 0. The maximum absolute atomic E-state index is 13.1. The molecule has 11 heteroatoms. The molecule has 1 aliphatic carbocycles. The average Bonchev–Trinajstić information content (AvgIpc) is 2.88. The predicted octanol–water partition coefficient (Wildman–Crippen LogP) is 1.59. The average molecular weight is 547 g/mol. The molecule has 0 bridgehead atoms. The van der Waals surface area contributed by atoms with Crippen LogP contribution in [0.1, 0.15) is 70.8 Å². The summed E-state index contributed by atoms with van der Waals surface area (Å²) in [5.41, 5.74) is 6.79. The van der Waals surface area contributed by atoms with Crippen molar-refractivity contribution in [1.82, 2.24) is 16.0 Å². The quantitative estimate of drug-likeness (QED) is 0.191. The van der Waals surface area contributed by atoms with Gasteiger partial charge in [-0.15, -0.1) is 0 Å². The zero-order chi connectivity index (χ0) is 28.9. The fourth-order valence-electron chi connectivity index (χ4n) is 4.85. The molecule has 1 aliphatic rings. The van der Waals surface area contributed by atoms with E-state index in [1.165, 1.54) is 0 Å². The van der Waals surface area contributed by atoms with Crippen molar-refractivity contribution in [3.05, 3.63) is 35.9 Å². The monoisotopic (exact) mass is 546 g/mol. The van der Waals surface area contributed by atoms with Crippen molar-refractivity contribution in [1.29, 1.82) is 0 Å². The molecule has 2 rings (SSSR count). The number of carbonyl (C=O) groups excluding carboxylic acids is 3. The van der Waals surface area contributed by atoms with E-state index in [1.807, 2.05) is 13.8 Å². The summed E-state index contributed by atoms with van der Waals surface area (Å²) in [5.74, 6) is -4.49. The van der Waals surface area contributed by atoms with Gasteiger partial charge in [-0.2, -0.15) is 0 Å². The van der Waals surface area contributed by atoms with Crippen molar-refractivity contribution in [2.24, 2.45) is 17.6 Å². The van der Waals surface area contributed by atoms with Gasteiger partial charge in [-0.1, -0.05) is 76.3 Å². The number of nitrogens with two attached hydrogens (primary N) is 1. The van der Waals surface area contributed by atoms with E-state index in [2.05, 4.69) is 16.0 Å². The third-order valence-corrected chi connectivity index (χ3v) is 6.90. The van der Waals surface area contributed by atoms with Crippen LogP contribution < -0.4 is 21.7 Å². The van der Waals surface area contributed by atoms with E-state index >= 15 is 0 Å². The molecule has 39 heavy (non-hydrogen) atoms. The van der Waals surface area contributed by atoms with E-state index in [1.54, 1.807) is 30.3 Å². The van der Waals surface area contributed by atoms with Crippen LogP contribution in [-0.2, 0) is 30.4 Å². The normalized spacial score (nSPS) is 16.9. The third kappa shape index (κ3) is 11.4. The van der Waals surface area contributed by atoms with E-state index in [0.29, 0.717) is 17.9 Å². The van der Waals surface area contributed by atoms with Crippen molar-refractivity contribution in [3.63, 3.8) is 0 Å². The Hall–Kier alpha value is -3.47. The maximum Gasteiger partial charge on any atom is 0.326 e. The van der Waals surface area contributed by atoms with Crippen molar-refractivity contribution in [2.75, 3.05) is 0 Å². The van der Waals surface area contributed by atoms with Crippen LogP contribution in [0.25, 0.3) is 0 Å². The van der Waals surface area contributed by atoms with Crippen molar-refractivity contribution < 1.29 is 34.2 Å². The third-order valence-electron chi connectivity index (χ3n) is 6.90. The minimum atomic E-state index is -1.45. The van der Waals surface area contributed by atoms with Crippen molar-refractivity contribution >= 4 is 29.7 Å². The summed E-state index contributed by atoms with van der Waals surface area (Å²) >= 11 is 0. The Morgan fingerprint density at radius 1 is 0.846 bits per heavy atom. The second-order valence-corrected chi connectivity index (χ2v) is 10.8. The highest BCUT2D eigenvalue weighted by Crippen LogP contribution is 2.27. The van der Waals surface area contributed by atoms with Crippen LogP contribution in [0.4, 0.5) is 0 Å². The summed E-state index contributed by atoms with van der Waals surface area (Å²) in [4.78, 5) is 62.3. The Morgan fingerprint density at radius 3 is 1.97 bits per heavy atom. The number of carbonyl (C=O) groups is 5. The lowest BCUT2D eigenvalue weighted by atomic mass is 9.85. The van der Waals surface area contributed by atoms with Gasteiger partial charge < -0.3 is 31.9 Å². The van der Waals surface area contributed by atoms with Crippen LogP contribution in [0, 0.1) is 11.8 Å². The second-order valence-electron chi connectivity index (χ2n) is 10.8. The predicted molar refractivity (Wildman–Crippen MR) is 144 cm³/mol. The molecule has 4 atom stereocenters. The molecule has 0 heterocycles. The summed E-state index contributed by atoms with van der Waals surface area (Å²) in [6, 6.07) is 4.09. The van der Waals surface area contributed by atoms with Gasteiger partial charge in [0.2, 0.25) is 17.7 Å². The highest BCUT2D eigenvalue weighted by molar-refractivity contribution is 5.95. The fraction of sp³-hybridized carbons (Fsp3) is 0.607. The summed E-state index contributed by atoms with van der Waals surface area (Å²) in [6.45, 7) is 3.65. The van der Waals surface area contributed by atoms with E-state index in [9.17, 15) is 34.2 Å². The molecule has 0 spiro atoms. The van der Waals surface area contributed by atoms with Gasteiger partial charge in [-0.25, -0.2) is 4.79 Å². The van der Waals surface area contributed by atoms with Gasteiger partial charge in [0.1, 0.15) is 18.1 Å². The molecule has 0 radical (unpaired) electrons. The van der Waals surface area contributed by atoms with E-state index < -0.39 is 60.2 Å². The molecule has 11 nitrogen and oxygen atoms in total. The molecule has 0 saturated heterocycles. The first-order valence-corrected chi connectivity index (χ1v) is 13.6. The number of rotatable bonds is 15. The summed E-state index contributed by atoms with van der Waals surface area (Å²) in [6.07, 6.45) is 5.24. The fourth-order valence-corrected chi connectivity index (χ4v) is 4.85. The highest BCUT2D eigenvalue weighted by atomic mass is 16.4. The molecule has 216 valence electrons. The Bertz CT molecular complexity index is 979. The molecule has 7 N–H and O–H groups in total. The minimum Gasteiger partial charge on any atom is -0.481 e. The van der Waals surface area contributed by atoms with Gasteiger partial charge in [0.25, 0.3) is 0 Å². The summed E-state index contributed by atoms with van der Waals surface area (Å²) in [7, 11) is 0. The lowest BCUT2D eigenvalue weighted by Crippen LogP contribution is -2.58. The second kappa shape index (κ2) is 15.8. The maximum atomic E-state index is 13.1. The minimum absolute atomic E-state index is 0.0425. The van der Waals surface area contributed by atoms with Crippen molar-refractivity contribution in [2.45, 2.75) is 95.8 Å². The van der Waals surface area contributed by atoms with Crippen LogP contribution in [-0.4, -0.2) is 64.0 Å². The van der Waals surface area contributed by atoms with Gasteiger partial charge in [0.15, 0.2) is 0 Å². The van der Waals surface area contributed by atoms with Crippen LogP contribution in [0.2, 0.25) is 0 Å². The topological polar surface area (TPSA) is 188 Å². The Morgan fingerprint density at radius 2 is 1.41 bits per heavy atom. The van der Waals surface area contributed by atoms with Gasteiger partial charge in [-0.3, -0.25) is 19.2 Å². The number of aliphatic carboxylic acids is 2. The van der Waals surface area contributed by atoms with Gasteiger partial charge in [0, 0.05) is 6.42 Å². The molecule has 1 aromatic carbocycles. The van der Waals surface area contributed by atoms with Gasteiger partial charge >= 0.3 is 11.9 Å². The SMILES string of the molecule is CC(C)C[C@H](NC(=O)[C@H](CC(=O)O)NC(=O)[C@@H](N)CC1CCCCC1)C(=O)N[C@@H](Cc1ccccc1)C(=O)O. The smallest absolute Gasteiger partial charge is 0.326 e. The van der Waals surface area contributed by atoms with E-state index in [0.717, 1.165) is 32.1 Å². The van der Waals surface area contributed by atoms with Crippen LogP contribution >= 0.6 is 0 Å². The first-order chi connectivity index (χ1) is 18.5. The van der Waals surface area contributed by atoms with Crippen LogP contribution in [0.3, 0.4) is 0 Å².